The molecule has 4 rings (SSSR count). The average Bonchev–Trinajstić information content (AvgIpc) is 3.27. The molecule has 0 radical (unpaired) electrons. The number of nitrogens with one attached hydrogen (secondary N) is 1. The lowest BCUT2D eigenvalue weighted by atomic mass is 10.1. The normalized spacial score (nSPS) is 10.6. The second-order valence-corrected chi connectivity index (χ2v) is 8.73. The Hall–Kier alpha value is -4.04. The molecule has 0 spiro atoms. The summed E-state index contributed by atoms with van der Waals surface area (Å²) < 4.78 is 0. The summed E-state index contributed by atoms with van der Waals surface area (Å²) in [4.78, 5) is 36.3. The summed E-state index contributed by atoms with van der Waals surface area (Å²) in [5.74, 6) is 0.258. The summed E-state index contributed by atoms with van der Waals surface area (Å²) in [5, 5.41) is 12.2. The van der Waals surface area contributed by atoms with E-state index in [1.54, 1.807) is 29.5 Å². The maximum Gasteiger partial charge on any atom is 0.335 e. The number of carboxylic acid groups (broad SMARTS) is 1. The molecule has 3 heterocycles. The minimum Gasteiger partial charge on any atom is -0.478 e. The molecule has 1 aromatic carbocycles. The van der Waals surface area contributed by atoms with Crippen LogP contribution < -0.4 is 5.32 Å². The van der Waals surface area contributed by atoms with Crippen molar-refractivity contribution in [3.8, 4) is 10.6 Å². The van der Waals surface area contributed by atoms with Gasteiger partial charge in [-0.05, 0) is 73.2 Å². The van der Waals surface area contributed by atoms with Gasteiger partial charge in [0.2, 0.25) is 0 Å². The van der Waals surface area contributed by atoms with Crippen molar-refractivity contribution >= 4 is 34.8 Å². The third-order valence-electron chi connectivity index (χ3n) is 4.95. The molecule has 0 saturated carbocycles. The van der Waals surface area contributed by atoms with Crippen LogP contribution in [-0.4, -0.2) is 38.9 Å². The fourth-order valence-corrected chi connectivity index (χ4v) is 4.29. The molecule has 0 saturated heterocycles. The van der Waals surface area contributed by atoms with Crippen molar-refractivity contribution in [3.05, 3.63) is 94.5 Å². The summed E-state index contributed by atoms with van der Waals surface area (Å²) in [6.45, 7) is 2.45. The number of aromatic nitrogens is 2. The molecule has 4 aromatic rings. The van der Waals surface area contributed by atoms with Crippen molar-refractivity contribution in [1.82, 2.24) is 14.9 Å². The number of rotatable bonds is 7. The average molecular weight is 459 g/mol. The molecule has 0 unspecified atom stereocenters. The number of hydrogen-bond acceptors (Lipinski definition) is 6. The first-order valence-electron chi connectivity index (χ1n) is 10.2. The molecule has 0 fully saturated rings. The van der Waals surface area contributed by atoms with Crippen LogP contribution in [0.5, 0.6) is 0 Å². The van der Waals surface area contributed by atoms with Gasteiger partial charge in [-0.15, -0.1) is 11.3 Å². The van der Waals surface area contributed by atoms with Crippen LogP contribution >= 0.6 is 11.3 Å². The second kappa shape index (κ2) is 9.62. The highest BCUT2D eigenvalue weighted by atomic mass is 32.1. The lowest BCUT2D eigenvalue weighted by Gasteiger charge is -2.16. The quantitative estimate of drug-likeness (QED) is 0.394. The van der Waals surface area contributed by atoms with E-state index in [-0.39, 0.29) is 11.5 Å². The number of aryl methyl sites for hydroxylation is 1. The number of thiophene rings is 1. The molecule has 7 nitrogen and oxygen atoms in total. The van der Waals surface area contributed by atoms with Crippen LogP contribution in [0.3, 0.4) is 0 Å². The molecule has 0 bridgehead atoms. The number of benzene rings is 1. The number of aromatic carboxylic acids is 1. The molecule has 2 N–H and O–H groups in total. The minimum absolute atomic E-state index is 0.152. The number of carboxylic acids is 1. The number of pyridine rings is 2. The van der Waals surface area contributed by atoms with E-state index in [9.17, 15) is 9.59 Å². The highest BCUT2D eigenvalue weighted by Gasteiger charge is 2.15. The van der Waals surface area contributed by atoms with Gasteiger partial charge in [0.1, 0.15) is 11.6 Å². The first-order valence-corrected chi connectivity index (χ1v) is 11.1. The number of anilines is 2. The van der Waals surface area contributed by atoms with Crippen LogP contribution in [0.2, 0.25) is 0 Å². The largest absolute Gasteiger partial charge is 0.478 e. The predicted octanol–water partition coefficient (Wildman–Crippen LogP) is 5.23. The van der Waals surface area contributed by atoms with Crippen molar-refractivity contribution in [2.24, 2.45) is 0 Å². The Bertz CT molecular complexity index is 1300. The Morgan fingerprint density at radius 3 is 2.48 bits per heavy atom. The molecular weight excluding hydrogens is 436 g/mol. The van der Waals surface area contributed by atoms with E-state index in [2.05, 4.69) is 10.3 Å². The van der Waals surface area contributed by atoms with Crippen molar-refractivity contribution in [1.29, 1.82) is 0 Å². The lowest BCUT2D eigenvalue weighted by molar-refractivity contribution is 0.0695. The molecule has 0 aliphatic heterocycles. The number of carbonyl (C=O) groups is 2. The van der Waals surface area contributed by atoms with E-state index in [4.69, 9.17) is 10.1 Å². The topological polar surface area (TPSA) is 95.4 Å². The molecule has 0 aliphatic carbocycles. The third kappa shape index (κ3) is 5.42. The molecule has 1 amide bonds. The Balaban J connectivity index is 1.44. The number of amides is 1. The maximum atomic E-state index is 12.7. The van der Waals surface area contributed by atoms with Crippen LogP contribution in [0.25, 0.3) is 10.6 Å². The molecule has 0 atom stereocenters. The van der Waals surface area contributed by atoms with Crippen LogP contribution in [0.4, 0.5) is 11.6 Å². The van der Waals surface area contributed by atoms with Gasteiger partial charge in [-0.25, -0.2) is 14.8 Å². The number of carbonyl (C=O) groups excluding carboxylic acids is 1. The molecule has 33 heavy (non-hydrogen) atoms. The van der Waals surface area contributed by atoms with E-state index < -0.39 is 5.97 Å². The Kier molecular flexibility index (Phi) is 6.46. The van der Waals surface area contributed by atoms with Gasteiger partial charge >= 0.3 is 5.97 Å². The van der Waals surface area contributed by atoms with E-state index in [1.807, 2.05) is 49.4 Å². The highest BCUT2D eigenvalue weighted by Crippen LogP contribution is 2.29. The van der Waals surface area contributed by atoms with Gasteiger partial charge in [0, 0.05) is 23.7 Å². The molecule has 0 aliphatic rings. The van der Waals surface area contributed by atoms with E-state index in [1.165, 1.54) is 24.3 Å². The van der Waals surface area contributed by atoms with Gasteiger partial charge in [-0.1, -0.05) is 6.07 Å². The highest BCUT2D eigenvalue weighted by molar-refractivity contribution is 7.15. The van der Waals surface area contributed by atoms with Crippen molar-refractivity contribution in [2.45, 2.75) is 13.5 Å². The first-order chi connectivity index (χ1) is 15.9. The van der Waals surface area contributed by atoms with Crippen LogP contribution in [0.15, 0.2) is 72.9 Å². The zero-order valence-electron chi connectivity index (χ0n) is 18.1. The fraction of sp³-hybridized carbons (Fsp3) is 0.120. The zero-order chi connectivity index (χ0) is 23.4. The monoisotopic (exact) mass is 458 g/mol. The Morgan fingerprint density at radius 1 is 1.00 bits per heavy atom. The van der Waals surface area contributed by atoms with Crippen molar-refractivity contribution < 1.29 is 14.7 Å². The van der Waals surface area contributed by atoms with Gasteiger partial charge in [-0.3, -0.25) is 4.79 Å². The maximum absolute atomic E-state index is 12.7. The molecule has 166 valence electrons. The SMILES string of the molecule is Cc1ccnc(Nc2cccc(-c3ccc(CN(C)C(=O)c4ccc(C(=O)O)cc4)s3)n2)c1. The van der Waals surface area contributed by atoms with Gasteiger partial charge < -0.3 is 15.3 Å². The minimum atomic E-state index is -1.02. The summed E-state index contributed by atoms with van der Waals surface area (Å²) in [6, 6.07) is 19.6. The smallest absolute Gasteiger partial charge is 0.335 e. The Morgan fingerprint density at radius 2 is 1.76 bits per heavy atom. The van der Waals surface area contributed by atoms with Gasteiger partial charge in [-0.2, -0.15) is 0 Å². The first kappa shape index (κ1) is 22.2. The van der Waals surface area contributed by atoms with E-state index in [0.29, 0.717) is 17.9 Å². The Labute approximate surface area is 195 Å². The van der Waals surface area contributed by atoms with Crippen molar-refractivity contribution in [3.63, 3.8) is 0 Å². The van der Waals surface area contributed by atoms with Crippen LogP contribution in [0.1, 0.15) is 31.2 Å². The lowest BCUT2D eigenvalue weighted by Crippen LogP contribution is -2.25. The van der Waals surface area contributed by atoms with Gasteiger partial charge in [0.25, 0.3) is 5.91 Å². The van der Waals surface area contributed by atoms with Gasteiger partial charge in [0.05, 0.1) is 22.7 Å². The van der Waals surface area contributed by atoms with Crippen LogP contribution in [-0.2, 0) is 6.54 Å². The van der Waals surface area contributed by atoms with E-state index in [0.717, 1.165) is 26.8 Å². The predicted molar refractivity (Wildman–Crippen MR) is 129 cm³/mol. The summed E-state index contributed by atoms with van der Waals surface area (Å²) in [5.41, 5.74) is 2.55. The van der Waals surface area contributed by atoms with E-state index >= 15 is 0 Å². The summed E-state index contributed by atoms with van der Waals surface area (Å²) >= 11 is 1.57. The standard InChI is InChI=1S/C25H22N4O3S/c1-16-12-13-26-23(14-16)28-22-5-3-4-20(27-22)21-11-10-19(33-21)15-29(2)24(30)17-6-8-18(9-7-17)25(31)32/h3-14H,15H2,1-2H3,(H,31,32)(H,26,27,28). The van der Waals surface area contributed by atoms with Crippen molar-refractivity contribution in [2.75, 3.05) is 12.4 Å². The zero-order valence-corrected chi connectivity index (χ0v) is 19.0. The fourth-order valence-electron chi connectivity index (χ4n) is 3.26. The van der Waals surface area contributed by atoms with Crippen LogP contribution in [0, 0.1) is 6.92 Å². The molecule has 3 aromatic heterocycles. The number of nitrogens with zero attached hydrogens (tertiary/aromatic N) is 3. The summed E-state index contributed by atoms with van der Waals surface area (Å²) in [7, 11) is 1.73. The third-order valence-corrected chi connectivity index (χ3v) is 6.05. The molecule has 8 heteroatoms. The summed E-state index contributed by atoms with van der Waals surface area (Å²) in [6.07, 6.45) is 1.76. The van der Waals surface area contributed by atoms with Gasteiger partial charge in [0.15, 0.2) is 0 Å². The molecular formula is C25H22N4O3S. The number of hydrogen-bond donors (Lipinski definition) is 2. The second-order valence-electron chi connectivity index (χ2n) is 7.56.